The summed E-state index contributed by atoms with van der Waals surface area (Å²) in [6.45, 7) is 2.99. The number of carbonyl (C=O) groups excluding carboxylic acids is 4. The van der Waals surface area contributed by atoms with E-state index in [9.17, 15) is 19.2 Å². The van der Waals surface area contributed by atoms with Crippen molar-refractivity contribution in [1.29, 1.82) is 0 Å². The van der Waals surface area contributed by atoms with Crippen LogP contribution in [-0.2, 0) is 15.1 Å². The van der Waals surface area contributed by atoms with Gasteiger partial charge in [0.25, 0.3) is 17.7 Å². The van der Waals surface area contributed by atoms with Gasteiger partial charge in [-0.3, -0.25) is 19.8 Å². The molecule has 1 fully saturated rings. The summed E-state index contributed by atoms with van der Waals surface area (Å²) < 4.78 is 4.81. The second-order valence-corrected chi connectivity index (χ2v) is 6.24. The molecule has 1 saturated heterocycles. The molecule has 9 nitrogen and oxygen atoms in total. The van der Waals surface area contributed by atoms with Crippen LogP contribution in [0, 0.1) is 0 Å². The van der Waals surface area contributed by atoms with Crippen LogP contribution < -0.4 is 16.1 Å². The van der Waals surface area contributed by atoms with Crippen LogP contribution in [0.25, 0.3) is 0 Å². The van der Waals surface area contributed by atoms with Gasteiger partial charge in [0.1, 0.15) is 17.8 Å². The highest BCUT2D eigenvalue weighted by molar-refractivity contribution is 6.08. The molecule has 5 amide bonds. The summed E-state index contributed by atoms with van der Waals surface area (Å²) in [6.07, 6.45) is 2.57. The molecule has 1 aromatic carbocycles. The van der Waals surface area contributed by atoms with Gasteiger partial charge in [-0.1, -0.05) is 30.3 Å². The molecule has 2 atom stereocenters. The molecule has 0 aliphatic carbocycles. The van der Waals surface area contributed by atoms with Gasteiger partial charge >= 0.3 is 6.03 Å². The first-order valence-corrected chi connectivity index (χ1v) is 8.18. The average molecular weight is 370 g/mol. The second kappa shape index (κ2) is 6.94. The summed E-state index contributed by atoms with van der Waals surface area (Å²) in [5.41, 5.74) is 1.79. The number of furan rings is 1. The quantitative estimate of drug-likeness (QED) is 0.675. The summed E-state index contributed by atoms with van der Waals surface area (Å²) in [5.74, 6) is -1.86. The smallest absolute Gasteiger partial charge is 0.344 e. The Hall–Kier alpha value is -3.62. The van der Waals surface area contributed by atoms with Crippen LogP contribution >= 0.6 is 0 Å². The number of amides is 5. The summed E-state index contributed by atoms with van der Waals surface area (Å²) in [4.78, 5) is 49.2. The standard InChI is InChI=1S/C18H18N4O5/c1-11(19-15(24)12-8-9-27-10-12)14(23)21-22-16(25)18(2,20-17(22)26)13-6-4-3-5-7-13/h3-11H,1-2H3,(H,19,24)(H,20,26)(H,21,23)/t11-,18-/m1/s1. The number of benzene rings is 1. The Balaban J connectivity index is 1.68. The van der Waals surface area contributed by atoms with Gasteiger partial charge in [0.15, 0.2) is 0 Å². The molecule has 27 heavy (non-hydrogen) atoms. The van der Waals surface area contributed by atoms with Crippen LogP contribution in [0.5, 0.6) is 0 Å². The monoisotopic (exact) mass is 370 g/mol. The molecule has 2 heterocycles. The summed E-state index contributed by atoms with van der Waals surface area (Å²) in [5, 5.41) is 5.66. The molecular formula is C18H18N4O5. The van der Waals surface area contributed by atoms with Gasteiger partial charge in [0.2, 0.25) is 0 Å². The lowest BCUT2D eigenvalue weighted by atomic mass is 9.92. The van der Waals surface area contributed by atoms with Gasteiger partial charge in [0.05, 0.1) is 11.8 Å². The molecule has 1 aliphatic heterocycles. The van der Waals surface area contributed by atoms with Crippen LogP contribution in [0.4, 0.5) is 4.79 Å². The first-order chi connectivity index (χ1) is 12.8. The van der Waals surface area contributed by atoms with Crippen molar-refractivity contribution in [3.8, 4) is 0 Å². The van der Waals surface area contributed by atoms with Crippen LogP contribution in [0.3, 0.4) is 0 Å². The van der Waals surface area contributed by atoms with E-state index in [1.165, 1.54) is 25.5 Å². The Morgan fingerprint density at radius 2 is 1.89 bits per heavy atom. The predicted octanol–water partition coefficient (Wildman–Crippen LogP) is 0.896. The number of hydrogen-bond acceptors (Lipinski definition) is 5. The van der Waals surface area contributed by atoms with Crippen LogP contribution in [0.1, 0.15) is 29.8 Å². The largest absolute Gasteiger partial charge is 0.472 e. The maximum atomic E-state index is 12.7. The Kier molecular flexibility index (Phi) is 4.68. The minimum absolute atomic E-state index is 0.251. The van der Waals surface area contributed by atoms with Crippen LogP contribution in [0.15, 0.2) is 53.3 Å². The minimum atomic E-state index is -1.30. The van der Waals surface area contributed by atoms with Crippen LogP contribution in [-0.4, -0.2) is 34.8 Å². The molecular weight excluding hydrogens is 352 g/mol. The van der Waals surface area contributed by atoms with Crippen molar-refractivity contribution in [1.82, 2.24) is 21.1 Å². The number of hydrazine groups is 1. The summed E-state index contributed by atoms with van der Waals surface area (Å²) >= 11 is 0. The highest BCUT2D eigenvalue weighted by Crippen LogP contribution is 2.27. The Bertz CT molecular complexity index is 880. The molecule has 140 valence electrons. The fourth-order valence-electron chi connectivity index (χ4n) is 2.65. The van der Waals surface area contributed by atoms with E-state index >= 15 is 0 Å². The van der Waals surface area contributed by atoms with E-state index < -0.39 is 35.3 Å². The fraction of sp³-hybridized carbons (Fsp3) is 0.222. The molecule has 0 radical (unpaired) electrons. The molecule has 1 aromatic heterocycles. The number of imide groups is 1. The van der Waals surface area contributed by atoms with Crippen molar-refractivity contribution in [2.45, 2.75) is 25.4 Å². The van der Waals surface area contributed by atoms with Gasteiger partial charge in [-0.15, -0.1) is 0 Å². The third-order valence-electron chi connectivity index (χ3n) is 4.29. The number of nitrogens with zero attached hydrogens (tertiary/aromatic N) is 1. The second-order valence-electron chi connectivity index (χ2n) is 6.24. The topological polar surface area (TPSA) is 121 Å². The van der Waals surface area contributed by atoms with Gasteiger partial charge in [0, 0.05) is 0 Å². The van der Waals surface area contributed by atoms with Gasteiger partial charge < -0.3 is 15.1 Å². The van der Waals surface area contributed by atoms with E-state index in [0.29, 0.717) is 10.6 Å². The lowest BCUT2D eigenvalue weighted by Crippen LogP contribution is -2.54. The van der Waals surface area contributed by atoms with E-state index in [1.807, 2.05) is 0 Å². The molecule has 3 rings (SSSR count). The number of nitrogens with one attached hydrogen (secondary N) is 3. The number of hydrogen-bond donors (Lipinski definition) is 3. The summed E-state index contributed by atoms with van der Waals surface area (Å²) in [7, 11) is 0. The van der Waals surface area contributed by atoms with Crippen molar-refractivity contribution >= 4 is 23.8 Å². The third kappa shape index (κ3) is 3.39. The number of carbonyl (C=O) groups is 4. The maximum Gasteiger partial charge on any atom is 0.344 e. The molecule has 0 saturated carbocycles. The normalized spacial score (nSPS) is 20.1. The van der Waals surface area contributed by atoms with Crippen molar-refractivity contribution in [2.24, 2.45) is 0 Å². The molecule has 0 unspecified atom stereocenters. The molecule has 2 aromatic rings. The zero-order valence-corrected chi connectivity index (χ0v) is 14.7. The van der Waals surface area contributed by atoms with E-state index in [-0.39, 0.29) is 5.56 Å². The minimum Gasteiger partial charge on any atom is -0.472 e. The van der Waals surface area contributed by atoms with Crippen molar-refractivity contribution in [3.05, 3.63) is 60.1 Å². The lowest BCUT2D eigenvalue weighted by molar-refractivity contribution is -0.139. The Morgan fingerprint density at radius 3 is 2.52 bits per heavy atom. The molecule has 0 spiro atoms. The van der Waals surface area contributed by atoms with Crippen molar-refractivity contribution in [3.63, 3.8) is 0 Å². The lowest BCUT2D eigenvalue weighted by Gasteiger charge is -2.22. The van der Waals surface area contributed by atoms with Crippen LogP contribution in [0.2, 0.25) is 0 Å². The number of rotatable bonds is 5. The highest BCUT2D eigenvalue weighted by Gasteiger charge is 2.50. The van der Waals surface area contributed by atoms with E-state index in [4.69, 9.17) is 4.42 Å². The molecule has 3 N–H and O–H groups in total. The number of urea groups is 1. The van der Waals surface area contributed by atoms with Crippen molar-refractivity contribution < 1.29 is 23.6 Å². The first-order valence-electron chi connectivity index (χ1n) is 8.18. The van der Waals surface area contributed by atoms with Gasteiger partial charge in [-0.2, -0.15) is 5.01 Å². The Labute approximate surface area is 154 Å². The SMILES string of the molecule is C[C@@H](NC(=O)c1ccoc1)C(=O)NN1C(=O)N[C@](C)(c2ccccc2)C1=O. The predicted molar refractivity (Wildman–Crippen MR) is 93.0 cm³/mol. The Morgan fingerprint density at radius 1 is 1.19 bits per heavy atom. The third-order valence-corrected chi connectivity index (χ3v) is 4.29. The average Bonchev–Trinajstić information content (AvgIpc) is 3.26. The maximum absolute atomic E-state index is 12.7. The van der Waals surface area contributed by atoms with Gasteiger partial charge in [-0.25, -0.2) is 4.79 Å². The van der Waals surface area contributed by atoms with Crippen molar-refractivity contribution in [2.75, 3.05) is 0 Å². The zero-order valence-electron chi connectivity index (χ0n) is 14.7. The van der Waals surface area contributed by atoms with Gasteiger partial charge in [-0.05, 0) is 25.5 Å². The highest BCUT2D eigenvalue weighted by atomic mass is 16.3. The molecule has 0 bridgehead atoms. The molecule has 1 aliphatic rings. The van der Waals surface area contributed by atoms with E-state index in [1.54, 1.807) is 37.3 Å². The zero-order chi connectivity index (χ0) is 19.6. The fourth-order valence-corrected chi connectivity index (χ4v) is 2.65. The first kappa shape index (κ1) is 18.2. The molecule has 9 heteroatoms. The van der Waals surface area contributed by atoms with E-state index in [0.717, 1.165) is 0 Å². The summed E-state index contributed by atoms with van der Waals surface area (Å²) in [6, 6.07) is 8.39. The van der Waals surface area contributed by atoms with E-state index in [2.05, 4.69) is 16.1 Å².